The van der Waals surface area contributed by atoms with Gasteiger partial charge in [0, 0.05) is 25.2 Å². The Bertz CT molecular complexity index is 637. The highest BCUT2D eigenvalue weighted by Crippen LogP contribution is 2.25. The smallest absolute Gasteiger partial charge is 0.208 e. The maximum absolute atomic E-state index is 13.9. The highest BCUT2D eigenvalue weighted by molar-refractivity contribution is 7.88. The van der Waals surface area contributed by atoms with Gasteiger partial charge in [-0.1, -0.05) is 6.07 Å². The molecular formula is C14H20F2N2O3S. The Hall–Kier alpha value is -1.25. The highest BCUT2D eigenvalue weighted by atomic mass is 32.2. The monoisotopic (exact) mass is 334 g/mol. The van der Waals surface area contributed by atoms with Crippen LogP contribution in [0, 0.1) is 17.6 Å². The van der Waals surface area contributed by atoms with Gasteiger partial charge in [0.1, 0.15) is 0 Å². The van der Waals surface area contributed by atoms with E-state index >= 15 is 0 Å². The summed E-state index contributed by atoms with van der Waals surface area (Å²) >= 11 is 0. The van der Waals surface area contributed by atoms with Crippen molar-refractivity contribution in [1.29, 1.82) is 0 Å². The molecule has 0 radical (unpaired) electrons. The number of sulfonamides is 1. The number of methoxy groups -OCH3 is 1. The maximum atomic E-state index is 13.9. The number of ether oxygens (including phenoxy) is 1. The third kappa shape index (κ3) is 4.37. The number of likely N-dealkylation sites (tertiary alicyclic amines) is 1. The van der Waals surface area contributed by atoms with Gasteiger partial charge in [0.2, 0.25) is 15.8 Å². The van der Waals surface area contributed by atoms with Gasteiger partial charge in [0.05, 0.1) is 13.4 Å². The second-order valence-electron chi connectivity index (χ2n) is 5.57. The predicted octanol–water partition coefficient (Wildman–Crippen LogP) is 1.34. The van der Waals surface area contributed by atoms with E-state index in [1.807, 2.05) is 4.90 Å². The minimum absolute atomic E-state index is 0.113. The van der Waals surface area contributed by atoms with E-state index in [0.29, 0.717) is 19.6 Å². The topological polar surface area (TPSA) is 58.6 Å². The van der Waals surface area contributed by atoms with Crippen LogP contribution in [0.5, 0.6) is 5.75 Å². The Kier molecular flexibility index (Phi) is 5.36. The summed E-state index contributed by atoms with van der Waals surface area (Å²) in [6, 6.07) is 2.92. The molecule has 1 heterocycles. The summed E-state index contributed by atoms with van der Waals surface area (Å²) in [6.07, 6.45) is 1.94. The minimum Gasteiger partial charge on any atom is -0.494 e. The molecule has 2 rings (SSSR count). The SMILES string of the molecule is COc1ccc(CN2CCC(CNS(C)(=O)=O)C2)c(F)c1F. The van der Waals surface area contributed by atoms with Gasteiger partial charge in [-0.25, -0.2) is 17.5 Å². The Morgan fingerprint density at radius 1 is 1.36 bits per heavy atom. The molecule has 1 fully saturated rings. The maximum Gasteiger partial charge on any atom is 0.208 e. The van der Waals surface area contributed by atoms with Crippen LogP contribution in [-0.2, 0) is 16.6 Å². The fourth-order valence-corrected chi connectivity index (χ4v) is 3.12. The molecule has 22 heavy (non-hydrogen) atoms. The van der Waals surface area contributed by atoms with Crippen LogP contribution in [0.3, 0.4) is 0 Å². The Balaban J connectivity index is 1.94. The fraction of sp³-hybridized carbons (Fsp3) is 0.571. The molecule has 5 nitrogen and oxygen atoms in total. The van der Waals surface area contributed by atoms with Crippen molar-refractivity contribution in [2.24, 2.45) is 5.92 Å². The predicted molar refractivity (Wildman–Crippen MR) is 79.1 cm³/mol. The van der Waals surface area contributed by atoms with Crippen LogP contribution in [0.25, 0.3) is 0 Å². The third-order valence-corrected chi connectivity index (χ3v) is 4.44. The average Bonchev–Trinajstić information content (AvgIpc) is 2.89. The van der Waals surface area contributed by atoms with E-state index in [1.165, 1.54) is 19.2 Å². The molecule has 0 bridgehead atoms. The van der Waals surface area contributed by atoms with Crippen LogP contribution in [0.15, 0.2) is 12.1 Å². The van der Waals surface area contributed by atoms with Gasteiger partial charge in [-0.3, -0.25) is 4.90 Å². The largest absolute Gasteiger partial charge is 0.494 e. The van der Waals surface area contributed by atoms with Crippen LogP contribution in [0.2, 0.25) is 0 Å². The summed E-state index contributed by atoms with van der Waals surface area (Å²) in [7, 11) is -1.91. The van der Waals surface area contributed by atoms with E-state index in [1.54, 1.807) is 0 Å². The summed E-state index contributed by atoms with van der Waals surface area (Å²) in [5, 5.41) is 0. The lowest BCUT2D eigenvalue weighted by Crippen LogP contribution is -2.30. The first-order chi connectivity index (χ1) is 10.3. The highest BCUT2D eigenvalue weighted by Gasteiger charge is 2.25. The van der Waals surface area contributed by atoms with Gasteiger partial charge in [-0.05, 0) is 24.9 Å². The standard InChI is InChI=1S/C14H20F2N2O3S/c1-21-12-4-3-11(13(15)14(12)16)9-18-6-5-10(8-18)7-17-22(2,19)20/h3-4,10,17H,5-9H2,1-2H3. The molecule has 0 amide bonds. The van der Waals surface area contributed by atoms with Crippen molar-refractivity contribution in [3.05, 3.63) is 29.3 Å². The van der Waals surface area contributed by atoms with Crippen molar-refractivity contribution in [3.8, 4) is 5.75 Å². The molecule has 124 valence electrons. The summed E-state index contributed by atoms with van der Waals surface area (Å²) in [5.74, 6) is -1.80. The van der Waals surface area contributed by atoms with E-state index in [2.05, 4.69) is 4.72 Å². The van der Waals surface area contributed by atoms with Crippen LogP contribution in [0.4, 0.5) is 8.78 Å². The van der Waals surface area contributed by atoms with Crippen molar-refractivity contribution >= 4 is 10.0 Å². The van der Waals surface area contributed by atoms with E-state index < -0.39 is 21.7 Å². The van der Waals surface area contributed by atoms with Crippen LogP contribution >= 0.6 is 0 Å². The first-order valence-electron chi connectivity index (χ1n) is 6.98. The molecule has 0 spiro atoms. The zero-order valence-corrected chi connectivity index (χ0v) is 13.4. The number of benzene rings is 1. The van der Waals surface area contributed by atoms with Crippen molar-refractivity contribution in [2.75, 3.05) is 33.0 Å². The third-order valence-electron chi connectivity index (χ3n) is 3.74. The Morgan fingerprint density at radius 3 is 2.73 bits per heavy atom. The summed E-state index contributed by atoms with van der Waals surface area (Å²) < 4.78 is 57.0. The lowest BCUT2D eigenvalue weighted by molar-refractivity contribution is 0.306. The van der Waals surface area contributed by atoms with Gasteiger partial charge >= 0.3 is 0 Å². The molecular weight excluding hydrogens is 314 g/mol. The van der Waals surface area contributed by atoms with Gasteiger partial charge < -0.3 is 4.74 Å². The fourth-order valence-electron chi connectivity index (χ4n) is 2.58. The quantitative estimate of drug-likeness (QED) is 0.853. The number of rotatable bonds is 6. The average molecular weight is 334 g/mol. The lowest BCUT2D eigenvalue weighted by atomic mass is 10.1. The van der Waals surface area contributed by atoms with Crippen molar-refractivity contribution in [3.63, 3.8) is 0 Å². The molecule has 1 N–H and O–H groups in total. The molecule has 8 heteroatoms. The number of nitrogens with zero attached hydrogens (tertiary/aromatic N) is 1. The van der Waals surface area contributed by atoms with E-state index in [9.17, 15) is 17.2 Å². The molecule has 1 aromatic rings. The van der Waals surface area contributed by atoms with Crippen LogP contribution < -0.4 is 9.46 Å². The first-order valence-corrected chi connectivity index (χ1v) is 8.87. The van der Waals surface area contributed by atoms with Gasteiger partial charge in [-0.15, -0.1) is 0 Å². The molecule has 1 aliphatic heterocycles. The Labute approximate surface area is 129 Å². The molecule has 1 saturated heterocycles. The summed E-state index contributed by atoms with van der Waals surface area (Å²) in [5.41, 5.74) is 0.273. The van der Waals surface area contributed by atoms with Crippen LogP contribution in [0.1, 0.15) is 12.0 Å². The molecule has 0 aliphatic carbocycles. The Morgan fingerprint density at radius 2 is 2.09 bits per heavy atom. The zero-order chi connectivity index (χ0) is 16.3. The molecule has 0 saturated carbocycles. The zero-order valence-electron chi connectivity index (χ0n) is 12.6. The molecule has 1 unspecified atom stereocenters. The lowest BCUT2D eigenvalue weighted by Gasteiger charge is -2.17. The van der Waals surface area contributed by atoms with Gasteiger partial charge in [0.25, 0.3) is 0 Å². The first kappa shape index (κ1) is 17.1. The molecule has 0 aromatic heterocycles. The van der Waals surface area contributed by atoms with E-state index in [-0.39, 0.29) is 17.2 Å². The number of halogens is 2. The number of hydrogen-bond acceptors (Lipinski definition) is 4. The van der Waals surface area contributed by atoms with E-state index in [4.69, 9.17) is 4.74 Å². The van der Waals surface area contributed by atoms with Gasteiger partial charge in [-0.2, -0.15) is 4.39 Å². The van der Waals surface area contributed by atoms with Crippen molar-refractivity contribution in [2.45, 2.75) is 13.0 Å². The summed E-state index contributed by atoms with van der Waals surface area (Å²) in [4.78, 5) is 1.99. The number of hydrogen-bond donors (Lipinski definition) is 1. The van der Waals surface area contributed by atoms with Crippen molar-refractivity contribution < 1.29 is 21.9 Å². The normalized spacial score (nSPS) is 19.5. The van der Waals surface area contributed by atoms with E-state index in [0.717, 1.165) is 19.2 Å². The van der Waals surface area contributed by atoms with Crippen LogP contribution in [-0.4, -0.2) is 46.3 Å². The molecule has 1 aromatic carbocycles. The van der Waals surface area contributed by atoms with Crippen molar-refractivity contribution in [1.82, 2.24) is 9.62 Å². The number of nitrogens with one attached hydrogen (secondary N) is 1. The summed E-state index contributed by atoms with van der Waals surface area (Å²) in [6.45, 7) is 2.04. The second-order valence-corrected chi connectivity index (χ2v) is 7.40. The minimum atomic E-state index is -3.20. The molecule has 1 aliphatic rings. The van der Waals surface area contributed by atoms with Gasteiger partial charge in [0.15, 0.2) is 11.6 Å². The molecule has 1 atom stereocenters. The second kappa shape index (κ2) is 6.89.